The molecule has 2 aromatic rings. The zero-order chi connectivity index (χ0) is 15.6. The van der Waals surface area contributed by atoms with Gasteiger partial charge in [-0.15, -0.1) is 0 Å². The van der Waals surface area contributed by atoms with Crippen molar-refractivity contribution in [1.82, 2.24) is 0 Å². The molecule has 1 amide bonds. The topological polar surface area (TPSA) is 98.3 Å². The molecule has 2 aromatic carbocycles. The zero-order valence-corrected chi connectivity index (χ0v) is 12.7. The Hall–Kier alpha value is -2.41. The van der Waals surface area contributed by atoms with Crippen LogP contribution in [0, 0.1) is 17.0 Å². The number of nitrogen functional groups attached to an aromatic ring is 1. The van der Waals surface area contributed by atoms with Crippen LogP contribution in [0.25, 0.3) is 0 Å². The predicted molar refractivity (Wildman–Crippen MR) is 84.3 cm³/mol. The molecule has 6 nitrogen and oxygen atoms in total. The van der Waals surface area contributed by atoms with Crippen molar-refractivity contribution >= 4 is 38.9 Å². The number of nitrogens with two attached hydrogens (primary N) is 1. The quantitative estimate of drug-likeness (QED) is 0.503. The van der Waals surface area contributed by atoms with Crippen molar-refractivity contribution in [2.75, 3.05) is 11.1 Å². The summed E-state index contributed by atoms with van der Waals surface area (Å²) in [5.74, 6) is -0.419. The Morgan fingerprint density at radius 2 is 2.00 bits per heavy atom. The molecule has 0 aliphatic carbocycles. The number of nitrogens with one attached hydrogen (secondary N) is 1. The van der Waals surface area contributed by atoms with Gasteiger partial charge in [0.1, 0.15) is 0 Å². The van der Waals surface area contributed by atoms with Crippen LogP contribution in [-0.2, 0) is 0 Å². The summed E-state index contributed by atoms with van der Waals surface area (Å²) in [6.07, 6.45) is 0. The van der Waals surface area contributed by atoms with E-state index in [0.717, 1.165) is 10.0 Å². The molecule has 21 heavy (non-hydrogen) atoms. The van der Waals surface area contributed by atoms with Crippen LogP contribution in [-0.4, -0.2) is 10.8 Å². The number of anilines is 2. The van der Waals surface area contributed by atoms with Gasteiger partial charge in [0.15, 0.2) is 0 Å². The molecule has 0 saturated heterocycles. The van der Waals surface area contributed by atoms with E-state index in [1.807, 2.05) is 0 Å². The van der Waals surface area contributed by atoms with Crippen LogP contribution in [0.4, 0.5) is 17.1 Å². The Labute approximate surface area is 129 Å². The number of hydrogen-bond acceptors (Lipinski definition) is 4. The van der Waals surface area contributed by atoms with E-state index >= 15 is 0 Å². The number of nitrogens with zero attached hydrogens (tertiary/aromatic N) is 1. The maximum absolute atomic E-state index is 12.2. The van der Waals surface area contributed by atoms with E-state index < -0.39 is 10.8 Å². The highest BCUT2D eigenvalue weighted by Crippen LogP contribution is 2.24. The number of hydrogen-bond donors (Lipinski definition) is 2. The molecule has 3 N–H and O–H groups in total. The lowest BCUT2D eigenvalue weighted by Crippen LogP contribution is -2.15. The van der Waals surface area contributed by atoms with Gasteiger partial charge < -0.3 is 11.1 Å². The van der Waals surface area contributed by atoms with E-state index in [1.54, 1.807) is 31.2 Å². The van der Waals surface area contributed by atoms with Crippen molar-refractivity contribution in [2.24, 2.45) is 0 Å². The van der Waals surface area contributed by atoms with Crippen molar-refractivity contribution in [3.63, 3.8) is 0 Å². The second-order valence-electron chi connectivity index (χ2n) is 4.44. The van der Waals surface area contributed by atoms with Gasteiger partial charge in [0.2, 0.25) is 0 Å². The fraction of sp³-hybridized carbons (Fsp3) is 0.0714. The lowest BCUT2D eigenvalue weighted by atomic mass is 10.1. The van der Waals surface area contributed by atoms with E-state index in [2.05, 4.69) is 21.2 Å². The minimum atomic E-state index is -0.511. The first-order chi connectivity index (χ1) is 9.88. The van der Waals surface area contributed by atoms with E-state index in [4.69, 9.17) is 5.73 Å². The molecule has 0 heterocycles. The predicted octanol–water partition coefficient (Wildman–Crippen LogP) is 3.50. The summed E-state index contributed by atoms with van der Waals surface area (Å²) in [6, 6.07) is 9.22. The third kappa shape index (κ3) is 3.38. The van der Waals surface area contributed by atoms with Gasteiger partial charge in [-0.25, -0.2) is 0 Å². The number of aryl methyl sites for hydroxylation is 1. The Morgan fingerprint density at radius 1 is 1.29 bits per heavy atom. The van der Waals surface area contributed by atoms with Gasteiger partial charge in [0.25, 0.3) is 11.6 Å². The summed E-state index contributed by atoms with van der Waals surface area (Å²) in [6.45, 7) is 1.75. The number of halogens is 1. The van der Waals surface area contributed by atoms with Crippen LogP contribution in [0.3, 0.4) is 0 Å². The van der Waals surface area contributed by atoms with Crippen molar-refractivity contribution in [3.8, 4) is 0 Å². The lowest BCUT2D eigenvalue weighted by molar-refractivity contribution is -0.384. The van der Waals surface area contributed by atoms with Gasteiger partial charge in [-0.05, 0) is 30.7 Å². The van der Waals surface area contributed by atoms with Gasteiger partial charge in [-0.1, -0.05) is 22.0 Å². The number of nitro groups is 1. The number of rotatable bonds is 3. The number of nitro benzene ring substituents is 1. The number of benzene rings is 2. The van der Waals surface area contributed by atoms with Crippen LogP contribution >= 0.6 is 15.9 Å². The van der Waals surface area contributed by atoms with E-state index in [1.165, 1.54) is 12.1 Å². The fourth-order valence-corrected chi connectivity index (χ4v) is 2.13. The van der Waals surface area contributed by atoms with Crippen molar-refractivity contribution in [3.05, 3.63) is 62.1 Å². The third-order valence-electron chi connectivity index (χ3n) is 2.94. The minimum absolute atomic E-state index is 0.0851. The number of carbonyl (C=O) groups is 1. The highest BCUT2D eigenvalue weighted by Gasteiger charge is 2.14. The molecule has 0 aromatic heterocycles. The van der Waals surface area contributed by atoms with Gasteiger partial charge >= 0.3 is 0 Å². The van der Waals surface area contributed by atoms with Crippen molar-refractivity contribution in [1.29, 1.82) is 0 Å². The van der Waals surface area contributed by atoms with Gasteiger partial charge in [0, 0.05) is 22.3 Å². The van der Waals surface area contributed by atoms with Crippen LogP contribution in [0.15, 0.2) is 40.9 Å². The Kier molecular flexibility index (Phi) is 4.23. The van der Waals surface area contributed by atoms with Crippen LogP contribution < -0.4 is 11.1 Å². The lowest BCUT2D eigenvalue weighted by Gasteiger charge is -2.10. The van der Waals surface area contributed by atoms with Crippen LogP contribution in [0.2, 0.25) is 0 Å². The summed E-state index contributed by atoms with van der Waals surface area (Å²) in [5.41, 5.74) is 7.43. The Morgan fingerprint density at radius 3 is 2.67 bits per heavy atom. The smallest absolute Gasteiger partial charge is 0.271 e. The zero-order valence-electron chi connectivity index (χ0n) is 11.1. The first-order valence-corrected chi connectivity index (χ1v) is 6.79. The number of non-ortho nitro benzene ring substituents is 1. The van der Waals surface area contributed by atoms with Gasteiger partial charge in [-0.3, -0.25) is 14.9 Å². The molecule has 0 radical (unpaired) electrons. The fourth-order valence-electron chi connectivity index (χ4n) is 1.77. The highest BCUT2D eigenvalue weighted by atomic mass is 79.9. The molecule has 0 fully saturated rings. The summed E-state index contributed by atoms with van der Waals surface area (Å²) in [7, 11) is 0. The highest BCUT2D eigenvalue weighted by molar-refractivity contribution is 9.10. The molecular formula is C14H12BrN3O3. The molecule has 0 atom stereocenters. The van der Waals surface area contributed by atoms with Gasteiger partial charge in [0.05, 0.1) is 16.2 Å². The second kappa shape index (κ2) is 5.92. The molecule has 0 unspecified atom stereocenters. The maximum atomic E-state index is 12.2. The number of carbonyl (C=O) groups excluding carboxylic acids is 1. The van der Waals surface area contributed by atoms with E-state index in [9.17, 15) is 14.9 Å². The van der Waals surface area contributed by atoms with Crippen LogP contribution in [0.1, 0.15) is 15.9 Å². The molecule has 7 heteroatoms. The maximum Gasteiger partial charge on any atom is 0.271 e. The average Bonchev–Trinajstić information content (AvgIpc) is 2.43. The van der Waals surface area contributed by atoms with Crippen LogP contribution in [0.5, 0.6) is 0 Å². The van der Waals surface area contributed by atoms with Gasteiger partial charge in [-0.2, -0.15) is 0 Å². The molecular weight excluding hydrogens is 338 g/mol. The molecule has 2 rings (SSSR count). The molecule has 0 aliphatic heterocycles. The van der Waals surface area contributed by atoms with E-state index in [-0.39, 0.29) is 5.69 Å². The average molecular weight is 350 g/mol. The van der Waals surface area contributed by atoms with Crippen molar-refractivity contribution < 1.29 is 9.72 Å². The molecule has 0 spiro atoms. The SMILES string of the molecule is Cc1ccc([N+](=O)[O-])cc1NC(=O)c1cc(Br)ccc1N. The second-order valence-corrected chi connectivity index (χ2v) is 5.36. The minimum Gasteiger partial charge on any atom is -0.398 e. The molecule has 0 bridgehead atoms. The van der Waals surface area contributed by atoms with E-state index in [0.29, 0.717) is 16.9 Å². The standard InChI is InChI=1S/C14H12BrN3O3/c1-8-2-4-10(18(20)21)7-13(8)17-14(19)11-6-9(15)3-5-12(11)16/h2-7H,16H2,1H3,(H,17,19). The summed E-state index contributed by atoms with van der Waals surface area (Å²) < 4.78 is 0.720. The first kappa shape index (κ1) is 15.0. The molecule has 0 saturated carbocycles. The normalized spacial score (nSPS) is 10.2. The summed E-state index contributed by atoms with van der Waals surface area (Å²) >= 11 is 3.27. The molecule has 0 aliphatic rings. The Balaban J connectivity index is 2.33. The Bertz CT molecular complexity index is 731. The third-order valence-corrected chi connectivity index (χ3v) is 3.43. The first-order valence-electron chi connectivity index (χ1n) is 6.00. The summed E-state index contributed by atoms with van der Waals surface area (Å²) in [4.78, 5) is 22.5. The largest absolute Gasteiger partial charge is 0.398 e. The molecule has 108 valence electrons. The van der Waals surface area contributed by atoms with Crippen molar-refractivity contribution in [2.45, 2.75) is 6.92 Å². The monoisotopic (exact) mass is 349 g/mol. The summed E-state index contributed by atoms with van der Waals surface area (Å²) in [5, 5.41) is 13.4. The number of amides is 1.